The molecule has 0 bridgehead atoms. The molecule has 0 atom stereocenters. The summed E-state index contributed by atoms with van der Waals surface area (Å²) in [5, 5.41) is 5.16. The lowest BCUT2D eigenvalue weighted by molar-refractivity contribution is 0.516. The van der Waals surface area contributed by atoms with Gasteiger partial charge in [-0.3, -0.25) is 0 Å². The van der Waals surface area contributed by atoms with Crippen LogP contribution in [0.1, 0.15) is 51.5 Å². The Morgan fingerprint density at radius 3 is 2.68 bits per heavy atom. The number of hydrogen-bond acceptors (Lipinski definition) is 2. The number of benzene rings is 1. The maximum atomic E-state index is 6.38. The van der Waals surface area contributed by atoms with Gasteiger partial charge in [-0.15, -0.1) is 11.8 Å². The Morgan fingerprint density at radius 2 is 2.00 bits per heavy atom. The fraction of sp³-hybridized carbons (Fsp3) is 0.625. The highest BCUT2D eigenvalue weighted by Crippen LogP contribution is 2.37. The van der Waals surface area contributed by atoms with Gasteiger partial charge in [-0.25, -0.2) is 0 Å². The largest absolute Gasteiger partial charge is 0.310 e. The minimum atomic E-state index is 0.490. The average Bonchev–Trinajstić information content (AvgIpc) is 2.39. The SMILES string of the molecule is CC(C)NCc1c(Cl)cccc1SC1CCCCC1. The minimum Gasteiger partial charge on any atom is -0.310 e. The van der Waals surface area contributed by atoms with Crippen molar-refractivity contribution in [2.75, 3.05) is 0 Å². The van der Waals surface area contributed by atoms with Crippen LogP contribution in [-0.4, -0.2) is 11.3 Å². The molecule has 1 nitrogen and oxygen atoms in total. The van der Waals surface area contributed by atoms with Gasteiger partial charge in [0.1, 0.15) is 0 Å². The molecular weight excluding hydrogens is 274 g/mol. The molecule has 19 heavy (non-hydrogen) atoms. The van der Waals surface area contributed by atoms with E-state index in [-0.39, 0.29) is 0 Å². The molecule has 0 heterocycles. The molecule has 3 heteroatoms. The summed E-state index contributed by atoms with van der Waals surface area (Å²) < 4.78 is 0. The van der Waals surface area contributed by atoms with Crippen LogP contribution in [0.4, 0.5) is 0 Å². The van der Waals surface area contributed by atoms with Gasteiger partial charge in [0.05, 0.1) is 0 Å². The maximum Gasteiger partial charge on any atom is 0.0462 e. The third-order valence-electron chi connectivity index (χ3n) is 3.61. The fourth-order valence-electron chi connectivity index (χ4n) is 2.49. The Labute approximate surface area is 126 Å². The van der Waals surface area contributed by atoms with E-state index in [1.165, 1.54) is 42.6 Å². The Bertz CT molecular complexity index is 400. The number of halogens is 1. The molecule has 2 rings (SSSR count). The highest BCUT2D eigenvalue weighted by Gasteiger charge is 2.17. The molecule has 1 aromatic rings. The van der Waals surface area contributed by atoms with Crippen LogP contribution in [0, 0.1) is 0 Å². The van der Waals surface area contributed by atoms with E-state index in [9.17, 15) is 0 Å². The fourth-order valence-corrected chi connectivity index (χ4v) is 4.20. The standard InChI is InChI=1S/C16H24ClNS/c1-12(2)18-11-14-15(17)9-6-10-16(14)19-13-7-4-3-5-8-13/h6,9-10,12-13,18H,3-5,7-8,11H2,1-2H3. The molecule has 1 aromatic carbocycles. The molecule has 1 aliphatic rings. The Kier molecular flexibility index (Phi) is 6.06. The summed E-state index contributed by atoms with van der Waals surface area (Å²) in [6, 6.07) is 6.79. The summed E-state index contributed by atoms with van der Waals surface area (Å²) in [6.45, 7) is 5.21. The van der Waals surface area contributed by atoms with E-state index in [1.54, 1.807) is 0 Å². The first-order valence-electron chi connectivity index (χ1n) is 7.34. The summed E-state index contributed by atoms with van der Waals surface area (Å²) in [4.78, 5) is 1.37. The Morgan fingerprint density at radius 1 is 1.26 bits per heavy atom. The van der Waals surface area contributed by atoms with Crippen LogP contribution in [-0.2, 0) is 6.54 Å². The minimum absolute atomic E-state index is 0.490. The summed E-state index contributed by atoms with van der Waals surface area (Å²) in [6.07, 6.45) is 6.90. The van der Waals surface area contributed by atoms with Gasteiger partial charge < -0.3 is 5.32 Å². The molecule has 0 saturated heterocycles. The number of rotatable bonds is 5. The van der Waals surface area contributed by atoms with Crippen molar-refractivity contribution in [3.63, 3.8) is 0 Å². The van der Waals surface area contributed by atoms with E-state index in [0.29, 0.717) is 6.04 Å². The smallest absolute Gasteiger partial charge is 0.0462 e. The van der Waals surface area contributed by atoms with E-state index >= 15 is 0 Å². The van der Waals surface area contributed by atoms with E-state index < -0.39 is 0 Å². The lowest BCUT2D eigenvalue weighted by Gasteiger charge is -2.23. The lowest BCUT2D eigenvalue weighted by Crippen LogP contribution is -2.22. The van der Waals surface area contributed by atoms with Crippen LogP contribution in [0.25, 0.3) is 0 Å². The van der Waals surface area contributed by atoms with Gasteiger partial charge in [0.25, 0.3) is 0 Å². The molecule has 1 fully saturated rings. The molecule has 0 aliphatic heterocycles. The molecule has 1 N–H and O–H groups in total. The van der Waals surface area contributed by atoms with E-state index in [0.717, 1.165) is 16.8 Å². The summed E-state index contributed by atoms with van der Waals surface area (Å²) in [5.74, 6) is 0. The monoisotopic (exact) mass is 297 g/mol. The zero-order valence-corrected chi connectivity index (χ0v) is 13.5. The average molecular weight is 298 g/mol. The number of nitrogens with one attached hydrogen (secondary N) is 1. The van der Waals surface area contributed by atoms with Crippen LogP contribution in [0.2, 0.25) is 5.02 Å². The van der Waals surface area contributed by atoms with Gasteiger partial charge in [-0.1, -0.05) is 50.8 Å². The molecule has 0 aromatic heterocycles. The van der Waals surface area contributed by atoms with Gasteiger partial charge in [0.2, 0.25) is 0 Å². The first kappa shape index (κ1) is 15.2. The summed E-state index contributed by atoms with van der Waals surface area (Å²) >= 11 is 8.41. The third-order valence-corrected chi connectivity index (χ3v) is 5.40. The van der Waals surface area contributed by atoms with Crippen molar-refractivity contribution < 1.29 is 0 Å². The van der Waals surface area contributed by atoms with Crippen LogP contribution in [0.5, 0.6) is 0 Å². The van der Waals surface area contributed by atoms with Crippen molar-refractivity contribution in [3.8, 4) is 0 Å². The summed E-state index contributed by atoms with van der Waals surface area (Å²) in [7, 11) is 0. The molecule has 0 spiro atoms. The quantitative estimate of drug-likeness (QED) is 0.795. The Hall–Kier alpha value is -0.180. The maximum absolute atomic E-state index is 6.38. The van der Waals surface area contributed by atoms with Crippen LogP contribution in [0.3, 0.4) is 0 Å². The topological polar surface area (TPSA) is 12.0 Å². The van der Waals surface area contributed by atoms with Crippen molar-refractivity contribution in [2.24, 2.45) is 0 Å². The third kappa shape index (κ3) is 4.70. The van der Waals surface area contributed by atoms with E-state index in [4.69, 9.17) is 11.6 Å². The van der Waals surface area contributed by atoms with E-state index in [1.807, 2.05) is 17.8 Å². The molecule has 0 unspecified atom stereocenters. The molecular formula is C16H24ClNS. The zero-order chi connectivity index (χ0) is 13.7. The van der Waals surface area contributed by atoms with Gasteiger partial charge in [0, 0.05) is 27.8 Å². The van der Waals surface area contributed by atoms with Crippen molar-refractivity contribution in [1.29, 1.82) is 0 Å². The predicted octanol–water partition coefficient (Wildman–Crippen LogP) is 5.26. The van der Waals surface area contributed by atoms with E-state index in [2.05, 4.69) is 31.3 Å². The molecule has 1 aliphatic carbocycles. The second-order valence-electron chi connectivity index (χ2n) is 5.63. The zero-order valence-electron chi connectivity index (χ0n) is 11.9. The van der Waals surface area contributed by atoms with Crippen molar-refractivity contribution in [2.45, 2.75) is 68.7 Å². The highest BCUT2D eigenvalue weighted by molar-refractivity contribution is 8.00. The second-order valence-corrected chi connectivity index (χ2v) is 7.38. The van der Waals surface area contributed by atoms with Gasteiger partial charge in [-0.2, -0.15) is 0 Å². The first-order chi connectivity index (χ1) is 9.16. The van der Waals surface area contributed by atoms with Crippen molar-refractivity contribution >= 4 is 23.4 Å². The van der Waals surface area contributed by atoms with Crippen LogP contribution in [0.15, 0.2) is 23.1 Å². The first-order valence-corrected chi connectivity index (χ1v) is 8.60. The number of thioether (sulfide) groups is 1. The molecule has 0 radical (unpaired) electrons. The molecule has 1 saturated carbocycles. The van der Waals surface area contributed by atoms with Crippen molar-refractivity contribution in [3.05, 3.63) is 28.8 Å². The van der Waals surface area contributed by atoms with Gasteiger partial charge in [0.15, 0.2) is 0 Å². The van der Waals surface area contributed by atoms with Crippen molar-refractivity contribution in [1.82, 2.24) is 5.32 Å². The highest BCUT2D eigenvalue weighted by atomic mass is 35.5. The molecule has 106 valence electrons. The Balaban J connectivity index is 2.07. The lowest BCUT2D eigenvalue weighted by atomic mass is 10.0. The molecule has 0 amide bonds. The second kappa shape index (κ2) is 7.56. The van der Waals surface area contributed by atoms with Gasteiger partial charge >= 0.3 is 0 Å². The normalized spacial score (nSPS) is 17.1. The summed E-state index contributed by atoms with van der Waals surface area (Å²) in [5.41, 5.74) is 1.27. The predicted molar refractivity (Wildman–Crippen MR) is 86.2 cm³/mol. The van der Waals surface area contributed by atoms with Crippen LogP contribution < -0.4 is 5.32 Å². The number of hydrogen-bond donors (Lipinski definition) is 1. The van der Waals surface area contributed by atoms with Gasteiger partial charge in [-0.05, 0) is 30.5 Å². The van der Waals surface area contributed by atoms with Crippen LogP contribution >= 0.6 is 23.4 Å².